The number of aromatic carboxylic acids is 1. The Labute approximate surface area is 97.2 Å². The number of rotatable bonds is 3. The molecule has 2 rings (SSSR count). The van der Waals surface area contributed by atoms with Gasteiger partial charge in [-0.3, -0.25) is 0 Å². The molecule has 1 saturated carbocycles. The van der Waals surface area contributed by atoms with Gasteiger partial charge in [0.15, 0.2) is 5.82 Å². The fourth-order valence-corrected chi connectivity index (χ4v) is 1.59. The Balaban J connectivity index is 2.36. The second-order valence-electron chi connectivity index (χ2n) is 3.89. The summed E-state index contributed by atoms with van der Waals surface area (Å²) < 4.78 is 19.1. The number of carboxylic acid groups (broad SMARTS) is 1. The molecule has 1 aromatic carbocycles. The molecule has 0 saturated heterocycles. The lowest BCUT2D eigenvalue weighted by Gasteiger charge is -2.26. The first kappa shape index (κ1) is 11.4. The van der Waals surface area contributed by atoms with Crippen LogP contribution in [0.15, 0.2) is 12.1 Å². The number of nitriles is 1. The standard InChI is InChI=1S/C12H10FNO3/c13-11-8(12(15)16)4-5-10(9(11)6-14)17-7-2-1-3-7/h4-5,7H,1-3H2,(H,15,16). The predicted octanol–water partition coefficient (Wildman–Crippen LogP) is 2.33. The van der Waals surface area contributed by atoms with Gasteiger partial charge in [-0.05, 0) is 31.4 Å². The Morgan fingerprint density at radius 3 is 2.71 bits per heavy atom. The molecule has 1 aliphatic rings. The van der Waals surface area contributed by atoms with E-state index in [0.717, 1.165) is 25.3 Å². The van der Waals surface area contributed by atoms with Crippen LogP contribution in [-0.4, -0.2) is 17.2 Å². The van der Waals surface area contributed by atoms with Crippen LogP contribution in [0.3, 0.4) is 0 Å². The lowest BCUT2D eigenvalue weighted by atomic mass is 9.96. The van der Waals surface area contributed by atoms with E-state index in [1.54, 1.807) is 6.07 Å². The van der Waals surface area contributed by atoms with E-state index in [1.165, 1.54) is 6.07 Å². The summed E-state index contributed by atoms with van der Waals surface area (Å²) in [6.07, 6.45) is 2.83. The van der Waals surface area contributed by atoms with Crippen molar-refractivity contribution in [1.29, 1.82) is 5.26 Å². The van der Waals surface area contributed by atoms with Gasteiger partial charge in [-0.15, -0.1) is 0 Å². The summed E-state index contributed by atoms with van der Waals surface area (Å²) in [6, 6.07) is 4.10. The minimum absolute atomic E-state index is 0.0113. The highest BCUT2D eigenvalue weighted by atomic mass is 19.1. The number of nitrogens with zero attached hydrogens (tertiary/aromatic N) is 1. The van der Waals surface area contributed by atoms with Crippen molar-refractivity contribution in [1.82, 2.24) is 0 Å². The summed E-state index contributed by atoms with van der Waals surface area (Å²) in [7, 11) is 0. The molecule has 0 radical (unpaired) electrons. The summed E-state index contributed by atoms with van der Waals surface area (Å²) in [5, 5.41) is 17.6. The first-order valence-electron chi connectivity index (χ1n) is 5.26. The third kappa shape index (κ3) is 2.07. The number of carbonyl (C=O) groups is 1. The molecule has 1 N–H and O–H groups in total. The molecular weight excluding hydrogens is 225 g/mol. The van der Waals surface area contributed by atoms with E-state index in [0.29, 0.717) is 0 Å². The number of hydrogen-bond acceptors (Lipinski definition) is 3. The van der Waals surface area contributed by atoms with Gasteiger partial charge < -0.3 is 9.84 Å². The van der Waals surface area contributed by atoms with Crippen LogP contribution in [0.5, 0.6) is 5.75 Å². The summed E-state index contributed by atoms with van der Waals surface area (Å²) in [5.74, 6) is -2.30. The summed E-state index contributed by atoms with van der Waals surface area (Å²) in [4.78, 5) is 10.7. The number of halogens is 1. The van der Waals surface area contributed by atoms with Crippen molar-refractivity contribution in [3.63, 3.8) is 0 Å². The van der Waals surface area contributed by atoms with Gasteiger partial charge >= 0.3 is 5.97 Å². The molecule has 88 valence electrons. The van der Waals surface area contributed by atoms with E-state index in [1.807, 2.05) is 0 Å². The van der Waals surface area contributed by atoms with Crippen molar-refractivity contribution in [2.75, 3.05) is 0 Å². The lowest BCUT2D eigenvalue weighted by Crippen LogP contribution is -2.25. The quantitative estimate of drug-likeness (QED) is 0.872. The SMILES string of the molecule is N#Cc1c(OC2CCC2)ccc(C(=O)O)c1F. The van der Waals surface area contributed by atoms with Gasteiger partial charge in [0.1, 0.15) is 17.4 Å². The second kappa shape index (κ2) is 4.42. The summed E-state index contributed by atoms with van der Waals surface area (Å²) in [5.41, 5.74) is -0.848. The van der Waals surface area contributed by atoms with Crippen molar-refractivity contribution in [3.05, 3.63) is 29.1 Å². The van der Waals surface area contributed by atoms with Gasteiger partial charge in [-0.25, -0.2) is 9.18 Å². The summed E-state index contributed by atoms with van der Waals surface area (Å²) >= 11 is 0. The molecule has 0 unspecified atom stereocenters. The molecule has 1 aromatic rings. The predicted molar refractivity (Wildman–Crippen MR) is 56.3 cm³/mol. The van der Waals surface area contributed by atoms with Gasteiger partial charge in [-0.2, -0.15) is 5.26 Å². The van der Waals surface area contributed by atoms with Crippen LogP contribution in [0.1, 0.15) is 35.2 Å². The molecule has 0 heterocycles. The maximum Gasteiger partial charge on any atom is 0.338 e. The fraction of sp³-hybridized carbons (Fsp3) is 0.333. The maximum absolute atomic E-state index is 13.7. The molecule has 0 spiro atoms. The normalized spacial score (nSPS) is 14.8. The molecule has 0 amide bonds. The number of carboxylic acids is 1. The largest absolute Gasteiger partial charge is 0.489 e. The fourth-order valence-electron chi connectivity index (χ4n) is 1.59. The Hall–Kier alpha value is -2.09. The van der Waals surface area contributed by atoms with E-state index >= 15 is 0 Å². The van der Waals surface area contributed by atoms with Crippen LogP contribution in [0.4, 0.5) is 4.39 Å². The third-order valence-electron chi connectivity index (χ3n) is 2.79. The average molecular weight is 235 g/mol. The van der Waals surface area contributed by atoms with E-state index in [2.05, 4.69) is 0 Å². The van der Waals surface area contributed by atoms with Gasteiger partial charge in [0.2, 0.25) is 0 Å². The van der Waals surface area contributed by atoms with Crippen LogP contribution >= 0.6 is 0 Å². The Bertz CT molecular complexity index is 503. The molecule has 0 aromatic heterocycles. The van der Waals surface area contributed by atoms with Gasteiger partial charge in [-0.1, -0.05) is 0 Å². The zero-order valence-electron chi connectivity index (χ0n) is 8.94. The monoisotopic (exact) mass is 235 g/mol. The second-order valence-corrected chi connectivity index (χ2v) is 3.89. The van der Waals surface area contributed by atoms with Crippen molar-refractivity contribution in [2.45, 2.75) is 25.4 Å². The van der Waals surface area contributed by atoms with Crippen LogP contribution in [0, 0.1) is 17.1 Å². The highest BCUT2D eigenvalue weighted by Crippen LogP contribution is 2.29. The summed E-state index contributed by atoms with van der Waals surface area (Å²) in [6.45, 7) is 0. The minimum atomic E-state index is -1.39. The highest BCUT2D eigenvalue weighted by Gasteiger charge is 2.23. The van der Waals surface area contributed by atoms with Crippen LogP contribution in [0.25, 0.3) is 0 Å². The van der Waals surface area contributed by atoms with Gasteiger partial charge in [0, 0.05) is 0 Å². The minimum Gasteiger partial charge on any atom is -0.489 e. The number of hydrogen-bond donors (Lipinski definition) is 1. The van der Waals surface area contributed by atoms with Gasteiger partial charge in [0.05, 0.1) is 11.7 Å². The first-order chi connectivity index (χ1) is 8.13. The van der Waals surface area contributed by atoms with Crippen molar-refractivity contribution >= 4 is 5.97 Å². The average Bonchev–Trinajstić information content (AvgIpc) is 2.23. The molecule has 1 fully saturated rings. The molecule has 0 atom stereocenters. The Morgan fingerprint density at radius 2 is 2.24 bits per heavy atom. The number of benzene rings is 1. The van der Waals surface area contributed by atoms with Crippen LogP contribution < -0.4 is 4.74 Å². The maximum atomic E-state index is 13.7. The number of ether oxygens (including phenoxy) is 1. The van der Waals surface area contributed by atoms with E-state index in [9.17, 15) is 9.18 Å². The van der Waals surface area contributed by atoms with Crippen LogP contribution in [0.2, 0.25) is 0 Å². The van der Waals surface area contributed by atoms with E-state index in [-0.39, 0.29) is 17.4 Å². The van der Waals surface area contributed by atoms with Crippen molar-refractivity contribution < 1.29 is 19.0 Å². The van der Waals surface area contributed by atoms with Crippen LogP contribution in [-0.2, 0) is 0 Å². The molecular formula is C12H10FNO3. The van der Waals surface area contributed by atoms with E-state index < -0.39 is 17.3 Å². The van der Waals surface area contributed by atoms with Gasteiger partial charge in [0.25, 0.3) is 0 Å². The van der Waals surface area contributed by atoms with Crippen molar-refractivity contribution in [2.24, 2.45) is 0 Å². The van der Waals surface area contributed by atoms with E-state index in [4.69, 9.17) is 15.1 Å². The first-order valence-corrected chi connectivity index (χ1v) is 5.26. The Morgan fingerprint density at radius 1 is 1.53 bits per heavy atom. The molecule has 5 heteroatoms. The zero-order valence-corrected chi connectivity index (χ0v) is 8.94. The Kier molecular flexibility index (Phi) is 2.96. The topological polar surface area (TPSA) is 70.3 Å². The lowest BCUT2D eigenvalue weighted by molar-refractivity contribution is 0.0691. The zero-order chi connectivity index (χ0) is 12.4. The molecule has 0 bridgehead atoms. The molecule has 17 heavy (non-hydrogen) atoms. The third-order valence-corrected chi connectivity index (χ3v) is 2.79. The highest BCUT2D eigenvalue weighted by molar-refractivity contribution is 5.88. The molecule has 0 aliphatic heterocycles. The van der Waals surface area contributed by atoms with Crippen molar-refractivity contribution in [3.8, 4) is 11.8 Å². The molecule has 4 nitrogen and oxygen atoms in total. The molecule has 1 aliphatic carbocycles. The smallest absolute Gasteiger partial charge is 0.338 e.